The number of anilines is 1. The minimum atomic E-state index is -1.34. The molecule has 1 atom stereocenters. The van der Waals surface area contributed by atoms with Gasteiger partial charge in [0.2, 0.25) is 0 Å². The summed E-state index contributed by atoms with van der Waals surface area (Å²) in [7, 11) is 0. The number of aromatic nitrogens is 2. The van der Waals surface area contributed by atoms with Crippen molar-refractivity contribution in [2.24, 2.45) is 0 Å². The highest BCUT2D eigenvalue weighted by Crippen LogP contribution is 2.06. The predicted molar refractivity (Wildman–Crippen MR) is 53.0 cm³/mol. The van der Waals surface area contributed by atoms with Gasteiger partial charge in [0.15, 0.2) is 0 Å². The Bertz CT molecular complexity index is 347. The first-order valence-corrected chi connectivity index (χ1v) is 4.36. The Morgan fingerprint density at radius 2 is 2.47 bits per heavy atom. The Balaban J connectivity index is 2.55. The number of aliphatic hydroxyl groups excluding tert-OH is 1. The zero-order valence-electron chi connectivity index (χ0n) is 8.32. The van der Waals surface area contributed by atoms with Crippen LogP contribution in [-0.2, 0) is 0 Å². The van der Waals surface area contributed by atoms with Gasteiger partial charge in [-0.05, 0) is 6.92 Å². The number of hydrogen-bond donors (Lipinski definition) is 5. The van der Waals surface area contributed by atoms with Crippen molar-refractivity contribution < 1.29 is 15.0 Å². The van der Waals surface area contributed by atoms with Crippen molar-refractivity contribution in [3.63, 3.8) is 0 Å². The number of hydrogen-bond acceptors (Lipinski definition) is 5. The fourth-order valence-corrected chi connectivity index (χ4v) is 0.892. The molecule has 0 saturated heterocycles. The van der Waals surface area contributed by atoms with Crippen LogP contribution in [0.25, 0.3) is 0 Å². The molecule has 0 fully saturated rings. The van der Waals surface area contributed by atoms with E-state index in [2.05, 4.69) is 15.5 Å². The third-order valence-corrected chi connectivity index (χ3v) is 1.87. The molecule has 6 N–H and O–H groups in total. The summed E-state index contributed by atoms with van der Waals surface area (Å²) in [5, 5.41) is 26.6. The summed E-state index contributed by atoms with van der Waals surface area (Å²) in [5.41, 5.74) is 4.48. The highest BCUT2D eigenvalue weighted by Gasteiger charge is 2.21. The number of aromatic amines is 1. The van der Waals surface area contributed by atoms with Crippen molar-refractivity contribution in [2.75, 3.05) is 18.9 Å². The molecule has 15 heavy (non-hydrogen) atoms. The second-order valence-corrected chi connectivity index (χ2v) is 3.54. The first-order chi connectivity index (χ1) is 6.96. The van der Waals surface area contributed by atoms with Crippen LogP contribution in [0.2, 0.25) is 0 Å². The molecule has 0 spiro atoms. The second-order valence-electron chi connectivity index (χ2n) is 3.54. The third-order valence-electron chi connectivity index (χ3n) is 1.87. The van der Waals surface area contributed by atoms with Crippen LogP contribution in [0, 0.1) is 0 Å². The SMILES string of the molecule is CC(O)(CO)CNC(=O)c1[nH]ncc1N. The van der Waals surface area contributed by atoms with Gasteiger partial charge in [-0.25, -0.2) is 0 Å². The molecule has 1 unspecified atom stereocenters. The van der Waals surface area contributed by atoms with Gasteiger partial charge in [0.1, 0.15) is 11.3 Å². The molecular formula is C8H14N4O3. The first kappa shape index (κ1) is 11.5. The maximum atomic E-state index is 11.4. The number of rotatable bonds is 4. The van der Waals surface area contributed by atoms with E-state index in [-0.39, 0.29) is 17.9 Å². The van der Waals surface area contributed by atoms with E-state index in [0.717, 1.165) is 0 Å². The van der Waals surface area contributed by atoms with E-state index in [4.69, 9.17) is 10.8 Å². The Hall–Kier alpha value is -1.60. The van der Waals surface area contributed by atoms with E-state index in [0.29, 0.717) is 0 Å². The van der Waals surface area contributed by atoms with Gasteiger partial charge >= 0.3 is 0 Å². The zero-order valence-corrected chi connectivity index (χ0v) is 8.32. The lowest BCUT2D eigenvalue weighted by Crippen LogP contribution is -2.43. The van der Waals surface area contributed by atoms with E-state index in [1.165, 1.54) is 13.1 Å². The molecule has 1 aromatic heterocycles. The van der Waals surface area contributed by atoms with Crippen LogP contribution in [0.1, 0.15) is 17.4 Å². The third kappa shape index (κ3) is 2.93. The molecule has 1 rings (SSSR count). The minimum absolute atomic E-state index is 0.0687. The van der Waals surface area contributed by atoms with Crippen molar-refractivity contribution in [1.82, 2.24) is 15.5 Å². The van der Waals surface area contributed by atoms with Crippen LogP contribution >= 0.6 is 0 Å². The maximum Gasteiger partial charge on any atom is 0.271 e. The number of nitrogens with zero attached hydrogens (tertiary/aromatic N) is 1. The number of carbonyl (C=O) groups is 1. The van der Waals surface area contributed by atoms with Gasteiger partial charge in [-0.15, -0.1) is 0 Å². The molecule has 7 nitrogen and oxygen atoms in total. The van der Waals surface area contributed by atoms with Gasteiger partial charge < -0.3 is 21.3 Å². The Kier molecular flexibility index (Phi) is 3.28. The standard InChI is InChI=1S/C8H14N4O3/c1-8(15,4-13)3-10-7(14)6-5(9)2-11-12-6/h2,13,15H,3-4,9H2,1H3,(H,10,14)(H,11,12). The molecule has 0 radical (unpaired) electrons. The molecule has 1 amide bonds. The van der Waals surface area contributed by atoms with Gasteiger partial charge in [-0.1, -0.05) is 0 Å². The van der Waals surface area contributed by atoms with Gasteiger partial charge in [-0.2, -0.15) is 5.10 Å². The molecule has 0 aliphatic rings. The number of H-pyrrole nitrogens is 1. The molecule has 7 heteroatoms. The Labute approximate surface area is 86.3 Å². The molecule has 84 valence electrons. The monoisotopic (exact) mass is 214 g/mol. The highest BCUT2D eigenvalue weighted by atomic mass is 16.3. The summed E-state index contributed by atoms with van der Waals surface area (Å²) in [6, 6.07) is 0. The minimum Gasteiger partial charge on any atom is -0.396 e. The summed E-state index contributed by atoms with van der Waals surface area (Å²) in [6.45, 7) is 0.899. The van der Waals surface area contributed by atoms with Crippen LogP contribution in [-0.4, -0.2) is 45.1 Å². The van der Waals surface area contributed by atoms with Crippen LogP contribution in [0.5, 0.6) is 0 Å². The number of amides is 1. The quantitative estimate of drug-likeness (QED) is 0.415. The van der Waals surface area contributed by atoms with Crippen molar-refractivity contribution >= 4 is 11.6 Å². The topological polar surface area (TPSA) is 124 Å². The largest absolute Gasteiger partial charge is 0.396 e. The smallest absolute Gasteiger partial charge is 0.271 e. The Morgan fingerprint density at radius 3 is 2.93 bits per heavy atom. The Morgan fingerprint density at radius 1 is 1.80 bits per heavy atom. The van der Waals surface area contributed by atoms with Crippen LogP contribution in [0.15, 0.2) is 6.20 Å². The highest BCUT2D eigenvalue weighted by molar-refractivity contribution is 5.96. The number of aliphatic hydroxyl groups is 2. The van der Waals surface area contributed by atoms with Crippen molar-refractivity contribution in [2.45, 2.75) is 12.5 Å². The number of nitrogens with two attached hydrogens (primary N) is 1. The molecule has 0 aliphatic heterocycles. The lowest BCUT2D eigenvalue weighted by Gasteiger charge is -2.20. The number of nitrogens with one attached hydrogen (secondary N) is 2. The summed E-state index contributed by atoms with van der Waals surface area (Å²) >= 11 is 0. The van der Waals surface area contributed by atoms with Gasteiger partial charge in [0.05, 0.1) is 18.5 Å². The van der Waals surface area contributed by atoms with Gasteiger partial charge in [0.25, 0.3) is 5.91 Å². The molecule has 1 aromatic rings. The summed E-state index contributed by atoms with van der Waals surface area (Å²) in [5.74, 6) is -0.473. The second kappa shape index (κ2) is 4.28. The van der Waals surface area contributed by atoms with E-state index in [9.17, 15) is 9.90 Å². The van der Waals surface area contributed by atoms with Crippen molar-refractivity contribution in [3.05, 3.63) is 11.9 Å². The first-order valence-electron chi connectivity index (χ1n) is 4.36. The summed E-state index contributed by atoms with van der Waals surface area (Å²) in [4.78, 5) is 11.4. The van der Waals surface area contributed by atoms with Crippen LogP contribution in [0.3, 0.4) is 0 Å². The van der Waals surface area contributed by atoms with Gasteiger partial charge in [0, 0.05) is 6.54 Å². The molecule has 1 heterocycles. The van der Waals surface area contributed by atoms with Crippen molar-refractivity contribution in [1.29, 1.82) is 0 Å². The van der Waals surface area contributed by atoms with E-state index in [1.54, 1.807) is 0 Å². The van der Waals surface area contributed by atoms with E-state index < -0.39 is 18.1 Å². The fourth-order valence-electron chi connectivity index (χ4n) is 0.892. The van der Waals surface area contributed by atoms with E-state index >= 15 is 0 Å². The lowest BCUT2D eigenvalue weighted by molar-refractivity contribution is 0.00317. The molecule has 0 saturated carbocycles. The summed E-state index contributed by atoms with van der Waals surface area (Å²) in [6.07, 6.45) is 1.32. The molecule has 0 aliphatic carbocycles. The molecule has 0 bridgehead atoms. The average molecular weight is 214 g/mol. The fraction of sp³-hybridized carbons (Fsp3) is 0.500. The van der Waals surface area contributed by atoms with Crippen molar-refractivity contribution in [3.8, 4) is 0 Å². The number of carbonyl (C=O) groups excluding carboxylic acids is 1. The molecular weight excluding hydrogens is 200 g/mol. The van der Waals surface area contributed by atoms with Crippen LogP contribution in [0.4, 0.5) is 5.69 Å². The maximum absolute atomic E-state index is 11.4. The predicted octanol–water partition coefficient (Wildman–Crippen LogP) is -1.53. The lowest BCUT2D eigenvalue weighted by atomic mass is 10.1. The van der Waals surface area contributed by atoms with E-state index in [1.807, 2.05) is 0 Å². The molecule has 0 aromatic carbocycles. The number of nitrogen functional groups attached to an aromatic ring is 1. The van der Waals surface area contributed by atoms with Crippen LogP contribution < -0.4 is 11.1 Å². The summed E-state index contributed by atoms with van der Waals surface area (Å²) < 4.78 is 0. The normalized spacial score (nSPS) is 14.6. The zero-order chi connectivity index (χ0) is 11.5. The van der Waals surface area contributed by atoms with Gasteiger partial charge in [-0.3, -0.25) is 9.89 Å². The average Bonchev–Trinajstić information content (AvgIpc) is 2.61.